The normalized spacial score (nSPS) is 9.59. The molecule has 1 aromatic carbocycles. The van der Waals surface area contributed by atoms with Crippen LogP contribution in [-0.4, -0.2) is 19.0 Å². The Hall–Kier alpha value is -0.400. The van der Waals surface area contributed by atoms with Crippen LogP contribution in [-0.2, 0) is 0 Å². The van der Waals surface area contributed by atoms with E-state index in [9.17, 15) is 9.18 Å². The number of rotatable bonds is 5. The van der Waals surface area contributed by atoms with Crippen molar-refractivity contribution in [3.05, 3.63) is 33.1 Å². The third kappa shape index (κ3) is 5.18. The van der Waals surface area contributed by atoms with Gasteiger partial charge in [0.05, 0.1) is 5.56 Å². The Balaban J connectivity index is 0.00000256. The molecule has 0 heterocycles. The van der Waals surface area contributed by atoms with E-state index in [1.165, 1.54) is 6.07 Å². The lowest BCUT2D eigenvalue weighted by Gasteiger charge is -2.07. The number of halogens is 3. The second kappa shape index (κ2) is 8.66. The van der Waals surface area contributed by atoms with Gasteiger partial charge in [-0.3, -0.25) is 4.79 Å². The predicted molar refractivity (Wildman–Crippen MR) is 77.0 cm³/mol. The van der Waals surface area contributed by atoms with E-state index in [1.807, 2.05) is 22.6 Å². The number of carbonyl (C=O) groups is 1. The molecular weight excluding hydrogens is 357 g/mol. The minimum Gasteiger partial charge on any atom is -0.352 e. The summed E-state index contributed by atoms with van der Waals surface area (Å²) in [6, 6.07) is 4.58. The number of benzene rings is 1. The Bertz CT molecular complexity index is 356. The topological polar surface area (TPSA) is 55.1 Å². The first-order chi connectivity index (χ1) is 7.66. The van der Waals surface area contributed by atoms with Crippen molar-refractivity contribution in [2.24, 2.45) is 5.73 Å². The highest BCUT2D eigenvalue weighted by Gasteiger charge is 2.14. The highest BCUT2D eigenvalue weighted by molar-refractivity contribution is 14.1. The van der Waals surface area contributed by atoms with E-state index in [0.717, 1.165) is 12.8 Å². The van der Waals surface area contributed by atoms with E-state index in [1.54, 1.807) is 12.1 Å². The number of carbonyl (C=O) groups excluding carboxylic acids is 1. The van der Waals surface area contributed by atoms with E-state index >= 15 is 0 Å². The highest BCUT2D eigenvalue weighted by atomic mass is 127. The number of nitrogens with two attached hydrogens (primary N) is 1. The standard InChI is InChI=1S/C11H14FIN2O.ClH/c12-8-4-3-5-9(13)10(8)11(16)15-7-2-1-6-14;/h3-5H,1-2,6-7,14H2,(H,15,16);1H. The van der Waals surface area contributed by atoms with Crippen LogP contribution in [0.3, 0.4) is 0 Å². The summed E-state index contributed by atoms with van der Waals surface area (Å²) in [5.41, 5.74) is 5.45. The van der Waals surface area contributed by atoms with Crippen molar-refractivity contribution in [3.63, 3.8) is 0 Å². The molecule has 1 amide bonds. The Kier molecular flexibility index (Phi) is 8.45. The molecule has 0 bridgehead atoms. The Morgan fingerprint density at radius 1 is 1.41 bits per heavy atom. The molecule has 0 aliphatic heterocycles. The van der Waals surface area contributed by atoms with Crippen molar-refractivity contribution >= 4 is 40.9 Å². The quantitative estimate of drug-likeness (QED) is 0.616. The SMILES string of the molecule is Cl.NCCCCNC(=O)c1c(F)cccc1I. The second-order valence-electron chi connectivity index (χ2n) is 3.35. The van der Waals surface area contributed by atoms with Gasteiger partial charge in [0.25, 0.3) is 5.91 Å². The van der Waals surface area contributed by atoms with Gasteiger partial charge in [0.15, 0.2) is 0 Å². The molecule has 96 valence electrons. The molecular formula is C11H15ClFIN2O. The van der Waals surface area contributed by atoms with Gasteiger partial charge in [-0.05, 0) is 54.1 Å². The summed E-state index contributed by atoms with van der Waals surface area (Å²) < 4.78 is 14.0. The van der Waals surface area contributed by atoms with Gasteiger partial charge >= 0.3 is 0 Å². The van der Waals surface area contributed by atoms with Crippen molar-refractivity contribution in [1.82, 2.24) is 5.32 Å². The van der Waals surface area contributed by atoms with Crippen molar-refractivity contribution in [2.45, 2.75) is 12.8 Å². The molecule has 0 aliphatic rings. The zero-order valence-electron chi connectivity index (χ0n) is 9.21. The van der Waals surface area contributed by atoms with Gasteiger partial charge < -0.3 is 11.1 Å². The molecule has 0 saturated heterocycles. The third-order valence-corrected chi connectivity index (χ3v) is 3.01. The van der Waals surface area contributed by atoms with Crippen molar-refractivity contribution < 1.29 is 9.18 Å². The Labute approximate surface area is 120 Å². The number of amides is 1. The fourth-order valence-corrected chi connectivity index (χ4v) is 1.98. The van der Waals surface area contributed by atoms with E-state index < -0.39 is 5.82 Å². The first-order valence-corrected chi connectivity index (χ1v) is 6.17. The van der Waals surface area contributed by atoms with Gasteiger partial charge in [-0.1, -0.05) is 6.07 Å². The van der Waals surface area contributed by atoms with Crippen LogP contribution in [0.15, 0.2) is 18.2 Å². The fourth-order valence-electron chi connectivity index (χ4n) is 1.27. The van der Waals surface area contributed by atoms with Crippen molar-refractivity contribution in [1.29, 1.82) is 0 Å². The molecule has 0 atom stereocenters. The number of nitrogens with one attached hydrogen (secondary N) is 1. The molecule has 6 heteroatoms. The lowest BCUT2D eigenvalue weighted by Crippen LogP contribution is -2.26. The summed E-state index contributed by atoms with van der Waals surface area (Å²) in [7, 11) is 0. The third-order valence-electron chi connectivity index (χ3n) is 2.11. The highest BCUT2D eigenvalue weighted by Crippen LogP contribution is 2.15. The number of hydrogen-bond donors (Lipinski definition) is 2. The van der Waals surface area contributed by atoms with Crippen LogP contribution in [0.5, 0.6) is 0 Å². The largest absolute Gasteiger partial charge is 0.352 e. The predicted octanol–water partition coefficient (Wildman–Crippen LogP) is 2.32. The monoisotopic (exact) mass is 372 g/mol. The minimum atomic E-state index is -0.483. The summed E-state index contributed by atoms with van der Waals surface area (Å²) in [4.78, 5) is 11.7. The smallest absolute Gasteiger partial charge is 0.255 e. The van der Waals surface area contributed by atoms with Gasteiger partial charge in [0.1, 0.15) is 5.82 Å². The van der Waals surface area contributed by atoms with E-state index in [2.05, 4.69) is 5.32 Å². The molecule has 0 saturated carbocycles. The van der Waals surface area contributed by atoms with Crippen LogP contribution in [0.25, 0.3) is 0 Å². The van der Waals surface area contributed by atoms with Crippen LogP contribution >= 0.6 is 35.0 Å². The molecule has 3 nitrogen and oxygen atoms in total. The molecule has 1 rings (SSSR count). The molecule has 0 spiro atoms. The molecule has 0 aliphatic carbocycles. The summed E-state index contributed by atoms with van der Waals surface area (Å²) in [5.74, 6) is -0.845. The molecule has 0 unspecified atom stereocenters. The maximum Gasteiger partial charge on any atom is 0.255 e. The summed E-state index contributed by atoms with van der Waals surface area (Å²) >= 11 is 1.95. The molecule has 0 fully saturated rings. The Morgan fingerprint density at radius 2 is 2.12 bits per heavy atom. The molecule has 3 N–H and O–H groups in total. The van der Waals surface area contributed by atoms with Crippen LogP contribution < -0.4 is 11.1 Å². The fraction of sp³-hybridized carbons (Fsp3) is 0.364. The van der Waals surface area contributed by atoms with E-state index in [-0.39, 0.29) is 23.9 Å². The second-order valence-corrected chi connectivity index (χ2v) is 4.51. The zero-order valence-corrected chi connectivity index (χ0v) is 12.2. The maximum absolute atomic E-state index is 13.4. The number of hydrogen-bond acceptors (Lipinski definition) is 2. The zero-order chi connectivity index (χ0) is 12.0. The average molecular weight is 373 g/mol. The first-order valence-electron chi connectivity index (χ1n) is 5.09. The van der Waals surface area contributed by atoms with E-state index in [0.29, 0.717) is 16.7 Å². The summed E-state index contributed by atoms with van der Waals surface area (Å²) in [6.07, 6.45) is 1.67. The van der Waals surface area contributed by atoms with Gasteiger partial charge in [-0.15, -0.1) is 12.4 Å². The van der Waals surface area contributed by atoms with Crippen LogP contribution in [0.2, 0.25) is 0 Å². The molecule has 1 aromatic rings. The van der Waals surface area contributed by atoms with Gasteiger partial charge in [0.2, 0.25) is 0 Å². The first kappa shape index (κ1) is 16.6. The average Bonchev–Trinajstić information content (AvgIpc) is 2.24. The molecule has 0 aromatic heterocycles. The van der Waals surface area contributed by atoms with Gasteiger partial charge in [-0.2, -0.15) is 0 Å². The molecule has 0 radical (unpaired) electrons. The Morgan fingerprint density at radius 3 is 2.71 bits per heavy atom. The molecule has 17 heavy (non-hydrogen) atoms. The maximum atomic E-state index is 13.4. The summed E-state index contributed by atoms with van der Waals surface area (Å²) in [5, 5.41) is 2.68. The lowest BCUT2D eigenvalue weighted by molar-refractivity contribution is 0.0948. The van der Waals surface area contributed by atoms with Crippen molar-refractivity contribution in [2.75, 3.05) is 13.1 Å². The van der Waals surface area contributed by atoms with Crippen LogP contribution in [0.1, 0.15) is 23.2 Å². The van der Waals surface area contributed by atoms with Crippen molar-refractivity contribution in [3.8, 4) is 0 Å². The van der Waals surface area contributed by atoms with Crippen LogP contribution in [0.4, 0.5) is 4.39 Å². The van der Waals surface area contributed by atoms with Gasteiger partial charge in [-0.25, -0.2) is 4.39 Å². The number of unbranched alkanes of at least 4 members (excludes halogenated alkanes) is 1. The lowest BCUT2D eigenvalue weighted by atomic mass is 10.2. The minimum absolute atomic E-state index is 0. The van der Waals surface area contributed by atoms with Crippen LogP contribution in [0, 0.1) is 9.39 Å². The van der Waals surface area contributed by atoms with Gasteiger partial charge in [0, 0.05) is 10.1 Å². The van der Waals surface area contributed by atoms with E-state index in [4.69, 9.17) is 5.73 Å². The summed E-state index contributed by atoms with van der Waals surface area (Å²) in [6.45, 7) is 1.13.